The quantitative estimate of drug-likeness (QED) is 0.157. The molecule has 5 aromatic rings. The number of benzene rings is 4. The first-order valence-electron chi connectivity index (χ1n) is 13.6. The van der Waals surface area contributed by atoms with E-state index < -0.39 is 11.9 Å². The number of aryl methyl sites for hydroxylation is 3. The molecule has 0 saturated carbocycles. The second-order valence-corrected chi connectivity index (χ2v) is 10.9. The van der Waals surface area contributed by atoms with Crippen LogP contribution >= 0.6 is 11.6 Å². The van der Waals surface area contributed by atoms with Crippen LogP contribution in [-0.4, -0.2) is 5.97 Å². The van der Waals surface area contributed by atoms with Gasteiger partial charge in [0.25, 0.3) is 0 Å². The van der Waals surface area contributed by atoms with E-state index in [4.69, 9.17) is 36.0 Å². The zero-order valence-electron chi connectivity index (χ0n) is 23.7. The number of furan rings is 1. The number of nitrogens with two attached hydrogens (primary N) is 1. The molecule has 7 nitrogen and oxygen atoms in total. The predicted molar refractivity (Wildman–Crippen MR) is 163 cm³/mol. The van der Waals surface area contributed by atoms with Gasteiger partial charge in [0.1, 0.15) is 41.1 Å². The van der Waals surface area contributed by atoms with Crippen molar-refractivity contribution in [1.29, 1.82) is 5.26 Å². The highest BCUT2D eigenvalue weighted by Crippen LogP contribution is 2.44. The van der Waals surface area contributed by atoms with Gasteiger partial charge in [-0.1, -0.05) is 54.1 Å². The molecule has 0 bridgehead atoms. The molecule has 1 atom stereocenters. The summed E-state index contributed by atoms with van der Waals surface area (Å²) < 4.78 is 23.3. The minimum Gasteiger partial charge on any atom is -0.489 e. The SMILES string of the molecule is Cc1cc(C)c2c(C)c(C(=O)Oc3ccc4c(c3)OC(N)=C(C#N)C4c3ccc(OCc4ccccc4Cl)cc3)oc2c1. The van der Waals surface area contributed by atoms with E-state index >= 15 is 0 Å². The maximum atomic E-state index is 13.2. The first kappa shape index (κ1) is 28.0. The Kier molecular flexibility index (Phi) is 7.31. The van der Waals surface area contributed by atoms with Crippen LogP contribution in [0.4, 0.5) is 0 Å². The number of esters is 1. The van der Waals surface area contributed by atoms with Crippen LogP contribution in [0.25, 0.3) is 11.0 Å². The van der Waals surface area contributed by atoms with Gasteiger partial charge in [-0.15, -0.1) is 0 Å². The number of fused-ring (bicyclic) bond motifs is 2. The lowest BCUT2D eigenvalue weighted by molar-refractivity contribution is 0.0702. The molecule has 2 N–H and O–H groups in total. The standard InChI is InChI=1S/C35H27ClN2O5/c1-19-14-20(2)31-21(3)33(42-30(31)15-19)35(39)41-25-12-13-26-29(16-25)43-34(38)27(17-37)32(26)22-8-10-24(11-9-22)40-18-23-6-4-5-7-28(23)36/h4-16,32H,18,38H2,1-3H3. The van der Waals surface area contributed by atoms with Gasteiger partial charge >= 0.3 is 5.97 Å². The van der Waals surface area contributed by atoms with E-state index in [2.05, 4.69) is 6.07 Å². The molecule has 0 saturated heterocycles. The lowest BCUT2D eigenvalue weighted by Gasteiger charge is -2.26. The summed E-state index contributed by atoms with van der Waals surface area (Å²) in [6.07, 6.45) is 0. The third kappa shape index (κ3) is 5.29. The molecule has 214 valence electrons. The van der Waals surface area contributed by atoms with Crippen LogP contribution in [0.3, 0.4) is 0 Å². The van der Waals surface area contributed by atoms with Crippen LogP contribution in [0.1, 0.15) is 49.9 Å². The lowest BCUT2D eigenvalue weighted by Crippen LogP contribution is -2.21. The van der Waals surface area contributed by atoms with Crippen molar-refractivity contribution in [1.82, 2.24) is 0 Å². The van der Waals surface area contributed by atoms with Crippen molar-refractivity contribution in [3.63, 3.8) is 0 Å². The topological polar surface area (TPSA) is 108 Å². The average molecular weight is 591 g/mol. The third-order valence-corrected chi connectivity index (χ3v) is 7.89. The molecule has 43 heavy (non-hydrogen) atoms. The highest BCUT2D eigenvalue weighted by Gasteiger charge is 2.31. The van der Waals surface area contributed by atoms with Gasteiger partial charge in [-0.3, -0.25) is 0 Å². The fraction of sp³-hybridized carbons (Fsp3) is 0.143. The Morgan fingerprint density at radius 3 is 2.49 bits per heavy atom. The van der Waals surface area contributed by atoms with E-state index in [1.54, 1.807) is 18.2 Å². The number of halogens is 1. The van der Waals surface area contributed by atoms with E-state index in [0.29, 0.717) is 34.3 Å². The van der Waals surface area contributed by atoms with Gasteiger partial charge in [-0.05, 0) is 67.8 Å². The minimum atomic E-state index is -0.619. The van der Waals surface area contributed by atoms with Crippen molar-refractivity contribution < 1.29 is 23.4 Å². The number of rotatable bonds is 6. The van der Waals surface area contributed by atoms with Crippen molar-refractivity contribution in [2.24, 2.45) is 5.73 Å². The summed E-state index contributed by atoms with van der Waals surface area (Å²) in [5.74, 6) is 0.321. The number of nitriles is 1. The first-order chi connectivity index (χ1) is 20.7. The molecule has 8 heteroatoms. The average Bonchev–Trinajstić information content (AvgIpc) is 3.32. The fourth-order valence-electron chi connectivity index (χ4n) is 5.51. The molecule has 1 aromatic heterocycles. The van der Waals surface area contributed by atoms with Crippen LogP contribution in [0.2, 0.25) is 5.02 Å². The van der Waals surface area contributed by atoms with Crippen molar-refractivity contribution in [2.75, 3.05) is 0 Å². The minimum absolute atomic E-state index is 0.0125. The van der Waals surface area contributed by atoms with E-state index in [9.17, 15) is 10.1 Å². The number of hydrogen-bond donors (Lipinski definition) is 1. The molecule has 4 aromatic carbocycles. The summed E-state index contributed by atoms with van der Waals surface area (Å²) in [5, 5.41) is 11.5. The van der Waals surface area contributed by atoms with Crippen LogP contribution in [0.5, 0.6) is 17.2 Å². The van der Waals surface area contributed by atoms with Crippen molar-refractivity contribution in [3.05, 3.63) is 134 Å². The van der Waals surface area contributed by atoms with E-state index in [0.717, 1.165) is 33.2 Å². The highest BCUT2D eigenvalue weighted by molar-refractivity contribution is 6.31. The largest absolute Gasteiger partial charge is 0.489 e. The molecular formula is C35H27ClN2O5. The Bertz CT molecular complexity index is 1970. The number of hydrogen-bond acceptors (Lipinski definition) is 7. The summed E-state index contributed by atoms with van der Waals surface area (Å²) in [7, 11) is 0. The first-order valence-corrected chi connectivity index (χ1v) is 14.0. The Morgan fingerprint density at radius 2 is 1.74 bits per heavy atom. The molecular weight excluding hydrogens is 564 g/mol. The smallest absolute Gasteiger partial charge is 0.379 e. The number of allylic oxidation sites excluding steroid dienone is 1. The summed E-state index contributed by atoms with van der Waals surface area (Å²) in [4.78, 5) is 13.2. The predicted octanol–water partition coefficient (Wildman–Crippen LogP) is 8.03. The van der Waals surface area contributed by atoms with Crippen molar-refractivity contribution in [2.45, 2.75) is 33.3 Å². The third-order valence-electron chi connectivity index (χ3n) is 7.52. The fourth-order valence-corrected chi connectivity index (χ4v) is 5.70. The zero-order chi connectivity index (χ0) is 30.2. The van der Waals surface area contributed by atoms with Crippen LogP contribution < -0.4 is 19.9 Å². The Morgan fingerprint density at radius 1 is 1.00 bits per heavy atom. The Labute approximate surface area is 253 Å². The van der Waals surface area contributed by atoms with Gasteiger partial charge in [0.15, 0.2) is 0 Å². The normalized spacial score (nSPS) is 14.2. The summed E-state index contributed by atoms with van der Waals surface area (Å²) in [5.41, 5.74) is 12.3. The number of nitrogens with zero attached hydrogens (tertiary/aromatic N) is 1. The molecule has 0 spiro atoms. The number of carbonyl (C=O) groups is 1. The summed E-state index contributed by atoms with van der Waals surface area (Å²) in [6.45, 7) is 6.13. The van der Waals surface area contributed by atoms with Gasteiger partial charge in [0.05, 0.1) is 5.92 Å². The second kappa shape index (κ2) is 11.2. The van der Waals surface area contributed by atoms with Gasteiger partial charge in [0.2, 0.25) is 11.6 Å². The molecule has 2 heterocycles. The summed E-state index contributed by atoms with van der Waals surface area (Å²) in [6, 6.07) is 26.1. The highest BCUT2D eigenvalue weighted by atomic mass is 35.5. The van der Waals surface area contributed by atoms with Crippen molar-refractivity contribution >= 4 is 28.5 Å². The Balaban J connectivity index is 1.25. The van der Waals surface area contributed by atoms with E-state index in [-0.39, 0.29) is 23.0 Å². The zero-order valence-corrected chi connectivity index (χ0v) is 24.5. The van der Waals surface area contributed by atoms with E-state index in [1.165, 1.54) is 0 Å². The molecule has 0 amide bonds. The number of carbonyl (C=O) groups excluding carboxylic acids is 1. The van der Waals surface area contributed by atoms with Crippen LogP contribution in [0.15, 0.2) is 94.7 Å². The van der Waals surface area contributed by atoms with E-state index in [1.807, 2.05) is 81.4 Å². The Hall–Kier alpha value is -5.19. The van der Waals surface area contributed by atoms with Crippen molar-refractivity contribution in [3.8, 4) is 23.3 Å². The molecule has 0 aliphatic carbocycles. The maximum absolute atomic E-state index is 13.2. The maximum Gasteiger partial charge on any atom is 0.379 e. The summed E-state index contributed by atoms with van der Waals surface area (Å²) >= 11 is 6.24. The van der Waals surface area contributed by atoms with Crippen LogP contribution in [-0.2, 0) is 6.61 Å². The molecule has 1 unspecified atom stereocenters. The molecule has 6 rings (SSSR count). The van der Waals surface area contributed by atoms with Gasteiger partial charge < -0.3 is 24.4 Å². The lowest BCUT2D eigenvalue weighted by atomic mass is 9.83. The van der Waals surface area contributed by atoms with Gasteiger partial charge in [0, 0.05) is 33.2 Å². The van der Waals surface area contributed by atoms with Gasteiger partial charge in [-0.25, -0.2) is 4.79 Å². The second-order valence-electron chi connectivity index (χ2n) is 10.5. The monoisotopic (exact) mass is 590 g/mol. The molecule has 0 fully saturated rings. The number of ether oxygens (including phenoxy) is 3. The molecule has 1 aliphatic heterocycles. The van der Waals surface area contributed by atoms with Crippen LogP contribution in [0, 0.1) is 32.1 Å². The molecule has 1 aliphatic rings. The molecule has 0 radical (unpaired) electrons. The van der Waals surface area contributed by atoms with Gasteiger partial charge in [-0.2, -0.15) is 5.26 Å².